The van der Waals surface area contributed by atoms with Crippen molar-refractivity contribution in [2.24, 2.45) is 11.8 Å². The first-order valence-corrected chi connectivity index (χ1v) is 13.5. The molecule has 4 heterocycles. The van der Waals surface area contributed by atoms with Crippen LogP contribution in [0.15, 0.2) is 4.79 Å². The molecule has 6 atom stereocenters. The summed E-state index contributed by atoms with van der Waals surface area (Å²) < 4.78 is 8.25. The molecule has 10 heteroatoms. The number of carboxylic acids is 1. The monoisotopic (exact) mass is 507 g/mol. The Kier molecular flexibility index (Phi) is 7.51. The van der Waals surface area contributed by atoms with Crippen molar-refractivity contribution >= 4 is 17.6 Å². The van der Waals surface area contributed by atoms with Crippen LogP contribution in [0.25, 0.3) is 0 Å². The number of carboxylic acid groups (broad SMARTS) is 1. The highest BCUT2D eigenvalue weighted by atomic mass is 35.5. The molecule has 1 aromatic rings. The molecule has 6 unspecified atom stereocenters. The van der Waals surface area contributed by atoms with Gasteiger partial charge >= 0.3 is 5.97 Å². The Labute approximate surface area is 211 Å². The van der Waals surface area contributed by atoms with Gasteiger partial charge in [-0.05, 0) is 64.3 Å². The summed E-state index contributed by atoms with van der Waals surface area (Å²) in [6.07, 6.45) is 6.17. The molecule has 35 heavy (non-hydrogen) atoms. The number of hydrogen-bond acceptors (Lipinski definition) is 7. The van der Waals surface area contributed by atoms with Gasteiger partial charge in [0.2, 0.25) is 0 Å². The maximum absolute atomic E-state index is 13.2. The van der Waals surface area contributed by atoms with Gasteiger partial charge in [-0.1, -0.05) is 0 Å². The number of fused-ring (bicyclic) bond motifs is 2. The molecule has 194 valence electrons. The van der Waals surface area contributed by atoms with E-state index < -0.39 is 12.0 Å². The van der Waals surface area contributed by atoms with E-state index in [1.165, 1.54) is 0 Å². The maximum atomic E-state index is 13.2. The fourth-order valence-electron chi connectivity index (χ4n) is 6.89. The Morgan fingerprint density at radius 2 is 2.06 bits per heavy atom. The molecule has 1 saturated carbocycles. The highest BCUT2D eigenvalue weighted by molar-refractivity contribution is 6.20. The Balaban J connectivity index is 1.27. The minimum Gasteiger partial charge on any atom is -0.480 e. The van der Waals surface area contributed by atoms with Crippen LogP contribution >= 0.6 is 11.6 Å². The lowest BCUT2D eigenvalue weighted by atomic mass is 9.72. The molecule has 9 nitrogen and oxygen atoms in total. The van der Waals surface area contributed by atoms with E-state index in [-0.39, 0.29) is 23.1 Å². The number of aliphatic carboxylic acids is 1. The molecule has 4 aliphatic rings. The van der Waals surface area contributed by atoms with Gasteiger partial charge in [0.15, 0.2) is 0 Å². The van der Waals surface area contributed by atoms with Crippen LogP contribution < -0.4 is 11.0 Å². The maximum Gasteiger partial charge on any atom is 0.322 e. The van der Waals surface area contributed by atoms with Gasteiger partial charge in [0, 0.05) is 37.5 Å². The Morgan fingerprint density at radius 1 is 1.23 bits per heavy atom. The fraction of sp³-hybridized carbons (Fsp3) is 0.800. The summed E-state index contributed by atoms with van der Waals surface area (Å²) in [5.74, 6) is 0.652. The number of nitrogens with one attached hydrogen (secondary N) is 1. The zero-order valence-electron chi connectivity index (χ0n) is 20.8. The van der Waals surface area contributed by atoms with E-state index in [0.29, 0.717) is 38.0 Å². The highest BCUT2D eigenvalue weighted by Gasteiger charge is 2.48. The number of hydrogen-bond donors (Lipinski definition) is 2. The summed E-state index contributed by atoms with van der Waals surface area (Å²) >= 11 is 6.63. The van der Waals surface area contributed by atoms with Crippen molar-refractivity contribution in [1.29, 1.82) is 0 Å². The van der Waals surface area contributed by atoms with E-state index in [9.17, 15) is 14.7 Å². The van der Waals surface area contributed by atoms with Crippen LogP contribution in [0, 0.1) is 18.8 Å². The van der Waals surface area contributed by atoms with Crippen molar-refractivity contribution in [2.45, 2.75) is 88.5 Å². The van der Waals surface area contributed by atoms with Crippen LogP contribution in [0.5, 0.6) is 0 Å². The van der Waals surface area contributed by atoms with Crippen molar-refractivity contribution in [3.8, 4) is 0 Å². The smallest absolute Gasteiger partial charge is 0.322 e. The van der Waals surface area contributed by atoms with Crippen molar-refractivity contribution in [3.63, 3.8) is 0 Å². The predicted octanol–water partition coefficient (Wildman–Crippen LogP) is 1.77. The first kappa shape index (κ1) is 25.1. The first-order chi connectivity index (χ1) is 16.8. The Hall–Kier alpha value is -1.52. The van der Waals surface area contributed by atoms with Crippen molar-refractivity contribution in [2.75, 3.05) is 26.7 Å². The molecular weight excluding hydrogens is 470 g/mol. The largest absolute Gasteiger partial charge is 0.480 e. The quantitative estimate of drug-likeness (QED) is 0.562. The van der Waals surface area contributed by atoms with Gasteiger partial charge in [-0.3, -0.25) is 19.6 Å². The number of aryl methyl sites for hydroxylation is 1. The van der Waals surface area contributed by atoms with Crippen LogP contribution in [-0.2, 0) is 29.0 Å². The summed E-state index contributed by atoms with van der Waals surface area (Å²) in [4.78, 5) is 31.8. The molecule has 2 saturated heterocycles. The third-order valence-corrected chi connectivity index (χ3v) is 9.04. The van der Waals surface area contributed by atoms with E-state index >= 15 is 0 Å². The molecule has 0 radical (unpaired) electrons. The number of likely N-dealkylation sites (N-methyl/N-ethyl adjacent to an activating group) is 1. The highest BCUT2D eigenvalue weighted by Crippen LogP contribution is 2.43. The second-order valence-corrected chi connectivity index (χ2v) is 11.4. The number of carbonyl (C=O) groups is 1. The number of rotatable bonds is 6. The van der Waals surface area contributed by atoms with Crippen LogP contribution in [0.2, 0.25) is 0 Å². The van der Waals surface area contributed by atoms with Gasteiger partial charge in [-0.25, -0.2) is 9.99 Å². The second kappa shape index (κ2) is 10.5. The number of halogens is 1. The molecule has 0 aromatic carbocycles. The van der Waals surface area contributed by atoms with Gasteiger partial charge in [0.05, 0.1) is 30.5 Å². The van der Waals surface area contributed by atoms with Crippen LogP contribution in [0.4, 0.5) is 0 Å². The molecule has 0 bridgehead atoms. The first-order valence-electron chi connectivity index (χ1n) is 13.1. The van der Waals surface area contributed by atoms with Gasteiger partial charge in [-0.2, -0.15) is 0 Å². The Morgan fingerprint density at radius 3 is 2.86 bits per heavy atom. The molecule has 1 aromatic heterocycles. The van der Waals surface area contributed by atoms with E-state index in [0.717, 1.165) is 68.7 Å². The van der Waals surface area contributed by atoms with Gasteiger partial charge in [0.25, 0.3) is 5.56 Å². The van der Waals surface area contributed by atoms with Crippen molar-refractivity contribution < 1.29 is 14.6 Å². The molecule has 3 aliphatic heterocycles. The van der Waals surface area contributed by atoms with Gasteiger partial charge in [-0.15, -0.1) is 11.6 Å². The summed E-state index contributed by atoms with van der Waals surface area (Å²) in [6, 6.07) is -0.252. The minimum absolute atomic E-state index is 0.0586. The topological polar surface area (TPSA) is 99.9 Å². The third kappa shape index (κ3) is 5.03. The Bertz CT molecular complexity index is 1000. The summed E-state index contributed by atoms with van der Waals surface area (Å²) in [5, 5.41) is 11.8. The second-order valence-electron chi connectivity index (χ2n) is 10.8. The fourth-order valence-corrected chi connectivity index (χ4v) is 7.22. The molecule has 1 aliphatic carbocycles. The molecule has 0 spiro atoms. The predicted molar refractivity (Wildman–Crippen MR) is 132 cm³/mol. The molecular formula is C25H38ClN5O4. The van der Waals surface area contributed by atoms with Crippen molar-refractivity contribution in [1.82, 2.24) is 24.9 Å². The average Bonchev–Trinajstić information content (AvgIpc) is 3.27. The normalized spacial score (nSPS) is 33.9. The van der Waals surface area contributed by atoms with Crippen LogP contribution in [-0.4, -0.2) is 80.8 Å². The number of nitrogens with zero attached hydrogens (tertiary/aromatic N) is 4. The molecule has 0 amide bonds. The zero-order chi connectivity index (χ0) is 24.7. The lowest BCUT2D eigenvalue weighted by Gasteiger charge is -2.46. The van der Waals surface area contributed by atoms with E-state index in [2.05, 4.69) is 10.3 Å². The van der Waals surface area contributed by atoms with E-state index in [4.69, 9.17) is 21.3 Å². The minimum atomic E-state index is -0.752. The van der Waals surface area contributed by atoms with Crippen LogP contribution in [0.3, 0.4) is 0 Å². The lowest BCUT2D eigenvalue weighted by molar-refractivity contribution is -0.146. The summed E-state index contributed by atoms with van der Waals surface area (Å²) in [6.45, 7) is 5.22. The van der Waals surface area contributed by atoms with Crippen molar-refractivity contribution in [3.05, 3.63) is 27.4 Å². The van der Waals surface area contributed by atoms with Gasteiger partial charge < -0.3 is 14.7 Å². The summed E-state index contributed by atoms with van der Waals surface area (Å²) in [5.41, 5.74) is 5.16. The van der Waals surface area contributed by atoms with E-state index in [1.54, 1.807) is 4.57 Å². The SMILES string of the molecule is Cc1nc2c(c(=O)n1CCOC1CCC(Cl)CC1C1CCNN3C(C(=O)O)CCC13)CN(C)CC2. The zero-order valence-corrected chi connectivity index (χ0v) is 21.5. The third-order valence-electron chi connectivity index (χ3n) is 8.64. The lowest BCUT2D eigenvalue weighted by Crippen LogP contribution is -2.58. The number of hydrazine groups is 1. The molecule has 3 fully saturated rings. The number of alkyl halides is 1. The number of aromatic nitrogens is 2. The van der Waals surface area contributed by atoms with E-state index in [1.807, 2.05) is 19.0 Å². The summed E-state index contributed by atoms with van der Waals surface area (Å²) in [7, 11) is 2.04. The standard InChI is InChI=1S/C25H38ClN5O4/c1-15-28-20-8-10-29(2)14-19(20)24(32)30(15)11-12-35-23-6-3-16(26)13-18(23)17-7-9-27-31-21(17)4-5-22(31)25(33)34/h16-18,21-23,27H,3-14H2,1-2H3,(H,33,34). The molecule has 5 rings (SSSR count). The van der Waals surface area contributed by atoms with Crippen LogP contribution in [0.1, 0.15) is 55.6 Å². The number of ether oxygens (including phenoxy) is 1. The molecule has 2 N–H and O–H groups in total. The average molecular weight is 508 g/mol. The van der Waals surface area contributed by atoms with Gasteiger partial charge in [0.1, 0.15) is 11.9 Å².